The molecule has 0 saturated carbocycles. The van der Waals surface area contributed by atoms with E-state index in [9.17, 15) is 4.79 Å². The van der Waals surface area contributed by atoms with Crippen LogP contribution in [0.1, 0.15) is 19.4 Å². The molecule has 0 aromatic heterocycles. The highest BCUT2D eigenvalue weighted by Gasteiger charge is 2.09. The molecule has 0 bridgehead atoms. The fourth-order valence-electron chi connectivity index (χ4n) is 2.33. The van der Waals surface area contributed by atoms with Gasteiger partial charge < -0.3 is 20.7 Å². The van der Waals surface area contributed by atoms with Gasteiger partial charge >= 0.3 is 0 Å². The van der Waals surface area contributed by atoms with Crippen molar-refractivity contribution >= 4 is 28.9 Å². The van der Waals surface area contributed by atoms with Gasteiger partial charge in [-0.2, -0.15) is 0 Å². The summed E-state index contributed by atoms with van der Waals surface area (Å²) in [5.41, 5.74) is 2.59. The Hall–Kier alpha value is -2.40. The monoisotopic (exact) mass is 361 g/mol. The van der Waals surface area contributed by atoms with Crippen LogP contribution in [0.2, 0.25) is 5.02 Å². The maximum atomic E-state index is 12.1. The Morgan fingerprint density at radius 1 is 1.20 bits per heavy atom. The van der Waals surface area contributed by atoms with Crippen LogP contribution in [-0.4, -0.2) is 25.6 Å². The van der Waals surface area contributed by atoms with E-state index >= 15 is 0 Å². The first kappa shape index (κ1) is 18.9. The summed E-state index contributed by atoms with van der Waals surface area (Å²) in [6.45, 7) is 4.68. The standard InChI is InChI=1S/C19H24ClN3O2/c1-13(2)23-19-16(20)8-5-9-17(19)21-12-18(24)22-11-14-6-4-7-15(10-14)25-3/h4-10,13,21,23H,11-12H2,1-3H3,(H,22,24). The Kier molecular flexibility index (Phi) is 6.95. The number of hydrogen-bond acceptors (Lipinski definition) is 4. The van der Waals surface area contributed by atoms with E-state index in [-0.39, 0.29) is 18.5 Å². The van der Waals surface area contributed by atoms with E-state index in [2.05, 4.69) is 16.0 Å². The summed E-state index contributed by atoms with van der Waals surface area (Å²) < 4.78 is 5.18. The van der Waals surface area contributed by atoms with Crippen LogP contribution in [0.3, 0.4) is 0 Å². The van der Waals surface area contributed by atoms with E-state index in [1.54, 1.807) is 7.11 Å². The third-order valence-electron chi connectivity index (χ3n) is 3.51. The van der Waals surface area contributed by atoms with E-state index in [4.69, 9.17) is 16.3 Å². The lowest BCUT2D eigenvalue weighted by atomic mass is 10.2. The summed E-state index contributed by atoms with van der Waals surface area (Å²) in [6, 6.07) is 13.4. The topological polar surface area (TPSA) is 62.4 Å². The molecular weight excluding hydrogens is 338 g/mol. The molecule has 2 aromatic rings. The normalized spacial score (nSPS) is 10.4. The van der Waals surface area contributed by atoms with Gasteiger partial charge in [-0.1, -0.05) is 29.8 Å². The van der Waals surface area contributed by atoms with Gasteiger partial charge in [0.2, 0.25) is 5.91 Å². The second kappa shape index (κ2) is 9.18. The molecule has 134 valence electrons. The van der Waals surface area contributed by atoms with E-state index in [1.807, 2.05) is 56.3 Å². The lowest BCUT2D eigenvalue weighted by Gasteiger charge is -2.17. The Labute approximate surface area is 153 Å². The summed E-state index contributed by atoms with van der Waals surface area (Å²) in [5.74, 6) is 0.673. The van der Waals surface area contributed by atoms with Crippen LogP contribution >= 0.6 is 11.6 Å². The minimum absolute atomic E-state index is 0.0988. The van der Waals surface area contributed by atoms with Crippen molar-refractivity contribution in [2.45, 2.75) is 26.4 Å². The minimum Gasteiger partial charge on any atom is -0.497 e. The fourth-order valence-corrected chi connectivity index (χ4v) is 2.56. The van der Waals surface area contributed by atoms with E-state index < -0.39 is 0 Å². The third-order valence-corrected chi connectivity index (χ3v) is 3.82. The number of benzene rings is 2. The minimum atomic E-state index is -0.0988. The Morgan fingerprint density at radius 3 is 2.68 bits per heavy atom. The van der Waals surface area contributed by atoms with Crippen molar-refractivity contribution in [3.8, 4) is 5.75 Å². The smallest absolute Gasteiger partial charge is 0.239 e. The summed E-state index contributed by atoms with van der Waals surface area (Å²) in [7, 11) is 1.62. The Morgan fingerprint density at radius 2 is 1.96 bits per heavy atom. The molecule has 0 saturated heterocycles. The number of halogens is 1. The number of amides is 1. The molecule has 0 fully saturated rings. The molecule has 0 radical (unpaired) electrons. The highest BCUT2D eigenvalue weighted by molar-refractivity contribution is 6.34. The van der Waals surface area contributed by atoms with Crippen LogP contribution in [0.25, 0.3) is 0 Å². The van der Waals surface area contributed by atoms with Gasteiger partial charge in [-0.3, -0.25) is 4.79 Å². The molecule has 0 spiro atoms. The van der Waals surface area contributed by atoms with Gasteiger partial charge in [0.1, 0.15) is 5.75 Å². The predicted molar refractivity (Wildman–Crippen MR) is 104 cm³/mol. The number of para-hydroxylation sites is 1. The van der Waals surface area contributed by atoms with Gasteiger partial charge in [-0.15, -0.1) is 0 Å². The second-order valence-electron chi connectivity index (χ2n) is 5.94. The largest absolute Gasteiger partial charge is 0.497 e. The van der Waals surface area contributed by atoms with Crippen LogP contribution < -0.4 is 20.7 Å². The number of rotatable bonds is 8. The number of hydrogen-bond donors (Lipinski definition) is 3. The number of carbonyl (C=O) groups is 1. The quantitative estimate of drug-likeness (QED) is 0.667. The number of methoxy groups -OCH3 is 1. The zero-order chi connectivity index (χ0) is 18.2. The third kappa shape index (κ3) is 5.87. The Bertz CT molecular complexity index is 720. The van der Waals surface area contributed by atoms with Gasteiger partial charge in [0.25, 0.3) is 0 Å². The maximum absolute atomic E-state index is 12.1. The van der Waals surface area contributed by atoms with Gasteiger partial charge in [0.05, 0.1) is 30.1 Å². The lowest BCUT2D eigenvalue weighted by molar-refractivity contribution is -0.119. The van der Waals surface area contributed by atoms with E-state index in [0.717, 1.165) is 22.7 Å². The van der Waals surface area contributed by atoms with Crippen LogP contribution in [0.15, 0.2) is 42.5 Å². The molecular formula is C19H24ClN3O2. The van der Waals surface area contributed by atoms with Crippen molar-refractivity contribution in [2.75, 3.05) is 24.3 Å². The van der Waals surface area contributed by atoms with Gasteiger partial charge in [0.15, 0.2) is 0 Å². The summed E-state index contributed by atoms with van der Waals surface area (Å²) >= 11 is 6.24. The van der Waals surface area contributed by atoms with Crippen molar-refractivity contribution < 1.29 is 9.53 Å². The SMILES string of the molecule is COc1cccc(CNC(=O)CNc2cccc(Cl)c2NC(C)C)c1. The van der Waals surface area contributed by atoms with Crippen molar-refractivity contribution in [1.82, 2.24) is 5.32 Å². The summed E-state index contributed by atoms with van der Waals surface area (Å²) in [6.07, 6.45) is 0. The van der Waals surface area contributed by atoms with Crippen LogP contribution in [-0.2, 0) is 11.3 Å². The Balaban J connectivity index is 1.90. The van der Waals surface area contributed by atoms with Gasteiger partial charge in [-0.05, 0) is 43.7 Å². The second-order valence-corrected chi connectivity index (χ2v) is 6.35. The van der Waals surface area contributed by atoms with Crippen LogP contribution in [0, 0.1) is 0 Å². The number of carbonyl (C=O) groups excluding carboxylic acids is 1. The van der Waals surface area contributed by atoms with Gasteiger partial charge in [-0.25, -0.2) is 0 Å². The van der Waals surface area contributed by atoms with E-state index in [1.165, 1.54) is 0 Å². The molecule has 25 heavy (non-hydrogen) atoms. The molecule has 0 heterocycles. The highest BCUT2D eigenvalue weighted by Crippen LogP contribution is 2.30. The fraction of sp³-hybridized carbons (Fsp3) is 0.316. The predicted octanol–water partition coefficient (Wildman–Crippen LogP) is 3.90. The highest BCUT2D eigenvalue weighted by atomic mass is 35.5. The molecule has 3 N–H and O–H groups in total. The molecule has 1 amide bonds. The molecule has 0 aliphatic rings. The molecule has 2 aromatic carbocycles. The molecule has 0 unspecified atom stereocenters. The van der Waals surface area contributed by atoms with Crippen molar-refractivity contribution in [3.63, 3.8) is 0 Å². The average Bonchev–Trinajstić information content (AvgIpc) is 2.60. The first-order valence-electron chi connectivity index (χ1n) is 8.18. The maximum Gasteiger partial charge on any atom is 0.239 e. The van der Waals surface area contributed by atoms with Crippen LogP contribution in [0.4, 0.5) is 11.4 Å². The molecule has 0 aliphatic carbocycles. The van der Waals surface area contributed by atoms with Crippen molar-refractivity contribution in [3.05, 3.63) is 53.1 Å². The summed E-state index contributed by atoms with van der Waals surface area (Å²) in [4.78, 5) is 12.1. The molecule has 6 heteroatoms. The van der Waals surface area contributed by atoms with E-state index in [0.29, 0.717) is 11.6 Å². The number of anilines is 2. The molecule has 0 aliphatic heterocycles. The van der Waals surface area contributed by atoms with Crippen LogP contribution in [0.5, 0.6) is 5.75 Å². The first-order valence-corrected chi connectivity index (χ1v) is 8.56. The lowest BCUT2D eigenvalue weighted by Crippen LogP contribution is -2.29. The molecule has 5 nitrogen and oxygen atoms in total. The molecule has 2 rings (SSSR count). The summed E-state index contributed by atoms with van der Waals surface area (Å²) in [5, 5.41) is 9.94. The first-order chi connectivity index (χ1) is 12.0. The molecule has 0 atom stereocenters. The number of nitrogens with one attached hydrogen (secondary N) is 3. The van der Waals surface area contributed by atoms with Crippen molar-refractivity contribution in [1.29, 1.82) is 0 Å². The average molecular weight is 362 g/mol. The zero-order valence-corrected chi connectivity index (χ0v) is 15.5. The number of ether oxygens (including phenoxy) is 1. The van der Waals surface area contributed by atoms with Gasteiger partial charge in [0, 0.05) is 12.6 Å². The van der Waals surface area contributed by atoms with Crippen molar-refractivity contribution in [2.24, 2.45) is 0 Å². The zero-order valence-electron chi connectivity index (χ0n) is 14.7.